The van der Waals surface area contributed by atoms with Crippen molar-refractivity contribution in [3.63, 3.8) is 0 Å². The van der Waals surface area contributed by atoms with Gasteiger partial charge < -0.3 is 19.5 Å². The van der Waals surface area contributed by atoms with E-state index in [0.717, 1.165) is 36.1 Å². The van der Waals surface area contributed by atoms with Crippen molar-refractivity contribution in [1.29, 1.82) is 0 Å². The first-order chi connectivity index (χ1) is 8.78. The lowest BCUT2D eigenvalue weighted by Crippen LogP contribution is -2.19. The van der Waals surface area contributed by atoms with Crippen LogP contribution >= 0.6 is 0 Å². The van der Waals surface area contributed by atoms with Crippen LogP contribution in [-0.4, -0.2) is 33.9 Å². The Bertz CT molecular complexity index is 402. The van der Waals surface area contributed by atoms with Gasteiger partial charge in [0, 0.05) is 12.1 Å². The molecule has 1 aromatic rings. The Kier molecular flexibility index (Phi) is 4.31. The van der Waals surface area contributed by atoms with Gasteiger partial charge in [-0.1, -0.05) is 0 Å². The van der Waals surface area contributed by atoms with E-state index in [0.29, 0.717) is 5.75 Å². The molecule has 1 N–H and O–H groups in total. The summed E-state index contributed by atoms with van der Waals surface area (Å²) in [6.45, 7) is 0.969. The van der Waals surface area contributed by atoms with E-state index >= 15 is 0 Å². The maximum Gasteiger partial charge on any atom is 0.164 e. The number of hydrogen-bond donors (Lipinski definition) is 1. The predicted octanol–water partition coefficient (Wildman–Crippen LogP) is 2.01. The van der Waals surface area contributed by atoms with Crippen LogP contribution in [-0.2, 0) is 6.42 Å². The smallest absolute Gasteiger partial charge is 0.164 e. The van der Waals surface area contributed by atoms with E-state index in [1.807, 2.05) is 12.1 Å². The van der Waals surface area contributed by atoms with E-state index in [9.17, 15) is 0 Å². The summed E-state index contributed by atoms with van der Waals surface area (Å²) in [6.07, 6.45) is 3.55. The highest BCUT2D eigenvalue weighted by Crippen LogP contribution is 2.34. The molecule has 0 bridgehead atoms. The van der Waals surface area contributed by atoms with Crippen molar-refractivity contribution in [2.75, 3.05) is 27.9 Å². The van der Waals surface area contributed by atoms with Crippen LogP contribution in [0.3, 0.4) is 0 Å². The average Bonchev–Trinajstić information content (AvgIpc) is 3.22. The summed E-state index contributed by atoms with van der Waals surface area (Å²) < 4.78 is 16.0. The van der Waals surface area contributed by atoms with Gasteiger partial charge in [0.1, 0.15) is 5.75 Å². The molecule has 0 spiro atoms. The number of benzene rings is 1. The molecule has 0 aliphatic heterocycles. The Hall–Kier alpha value is -1.42. The molecule has 18 heavy (non-hydrogen) atoms. The largest absolute Gasteiger partial charge is 0.496 e. The van der Waals surface area contributed by atoms with Crippen LogP contribution in [0.4, 0.5) is 0 Å². The van der Waals surface area contributed by atoms with Gasteiger partial charge >= 0.3 is 0 Å². The second-order valence-corrected chi connectivity index (χ2v) is 4.50. The average molecular weight is 251 g/mol. The Morgan fingerprint density at radius 3 is 2.17 bits per heavy atom. The molecule has 100 valence electrons. The molecule has 1 fully saturated rings. The van der Waals surface area contributed by atoms with Crippen molar-refractivity contribution in [1.82, 2.24) is 5.32 Å². The topological polar surface area (TPSA) is 39.7 Å². The molecule has 0 unspecified atom stereocenters. The van der Waals surface area contributed by atoms with Crippen LogP contribution in [0, 0.1) is 0 Å². The standard InChI is InChI=1S/C14H21NO3/c1-16-12-9-14(18-3)13(17-2)8-10(12)6-7-15-11-4-5-11/h8-9,11,15H,4-7H2,1-3H3. The predicted molar refractivity (Wildman–Crippen MR) is 70.8 cm³/mol. The molecule has 4 nitrogen and oxygen atoms in total. The van der Waals surface area contributed by atoms with Gasteiger partial charge in [0.05, 0.1) is 21.3 Å². The van der Waals surface area contributed by atoms with E-state index in [-0.39, 0.29) is 0 Å². The van der Waals surface area contributed by atoms with Crippen molar-refractivity contribution in [3.05, 3.63) is 17.7 Å². The second kappa shape index (κ2) is 5.96. The summed E-state index contributed by atoms with van der Waals surface area (Å²) in [4.78, 5) is 0. The van der Waals surface area contributed by atoms with Crippen LogP contribution in [0.25, 0.3) is 0 Å². The molecule has 0 amide bonds. The lowest BCUT2D eigenvalue weighted by Gasteiger charge is -2.14. The van der Waals surface area contributed by atoms with Crippen molar-refractivity contribution < 1.29 is 14.2 Å². The van der Waals surface area contributed by atoms with E-state index in [1.165, 1.54) is 12.8 Å². The highest BCUT2D eigenvalue weighted by atomic mass is 16.5. The minimum atomic E-state index is 0.702. The van der Waals surface area contributed by atoms with Gasteiger partial charge in [-0.2, -0.15) is 0 Å². The molecule has 1 aromatic carbocycles. The Morgan fingerprint density at radius 1 is 1.00 bits per heavy atom. The Balaban J connectivity index is 2.09. The molecule has 2 rings (SSSR count). The molecule has 1 saturated carbocycles. The maximum atomic E-state index is 5.40. The summed E-state index contributed by atoms with van der Waals surface area (Å²) in [5, 5.41) is 3.49. The van der Waals surface area contributed by atoms with Crippen LogP contribution in [0.1, 0.15) is 18.4 Å². The first-order valence-corrected chi connectivity index (χ1v) is 6.30. The maximum absolute atomic E-state index is 5.40. The zero-order valence-electron chi connectivity index (χ0n) is 11.3. The zero-order valence-corrected chi connectivity index (χ0v) is 11.3. The summed E-state index contributed by atoms with van der Waals surface area (Å²) in [5.74, 6) is 2.30. The van der Waals surface area contributed by atoms with Gasteiger partial charge in [0.25, 0.3) is 0 Å². The molecule has 4 heteroatoms. The third kappa shape index (κ3) is 3.07. The molecule has 1 aliphatic carbocycles. The molecule has 0 atom stereocenters. The fourth-order valence-electron chi connectivity index (χ4n) is 1.99. The summed E-state index contributed by atoms with van der Waals surface area (Å²) in [7, 11) is 4.96. The van der Waals surface area contributed by atoms with E-state index in [4.69, 9.17) is 14.2 Å². The summed E-state index contributed by atoms with van der Waals surface area (Å²) in [6, 6.07) is 4.61. The monoisotopic (exact) mass is 251 g/mol. The minimum Gasteiger partial charge on any atom is -0.496 e. The molecule has 0 aromatic heterocycles. The number of nitrogens with one attached hydrogen (secondary N) is 1. The lowest BCUT2D eigenvalue weighted by molar-refractivity contribution is 0.347. The van der Waals surface area contributed by atoms with Gasteiger partial charge in [-0.25, -0.2) is 0 Å². The lowest BCUT2D eigenvalue weighted by atomic mass is 10.1. The van der Waals surface area contributed by atoms with Gasteiger partial charge in [0.2, 0.25) is 0 Å². The third-order valence-corrected chi connectivity index (χ3v) is 3.19. The first-order valence-electron chi connectivity index (χ1n) is 6.30. The van der Waals surface area contributed by atoms with Gasteiger partial charge in [0.15, 0.2) is 11.5 Å². The minimum absolute atomic E-state index is 0.702. The molecule has 0 heterocycles. The zero-order chi connectivity index (χ0) is 13.0. The SMILES string of the molecule is COc1cc(OC)c(OC)cc1CCNC1CC1. The van der Waals surface area contributed by atoms with Crippen molar-refractivity contribution in [2.45, 2.75) is 25.3 Å². The van der Waals surface area contributed by atoms with Crippen LogP contribution < -0.4 is 19.5 Å². The van der Waals surface area contributed by atoms with Crippen LogP contribution in [0.15, 0.2) is 12.1 Å². The highest BCUT2D eigenvalue weighted by molar-refractivity contribution is 5.50. The van der Waals surface area contributed by atoms with Crippen molar-refractivity contribution in [2.24, 2.45) is 0 Å². The number of hydrogen-bond acceptors (Lipinski definition) is 4. The normalized spacial score (nSPS) is 14.4. The van der Waals surface area contributed by atoms with Crippen LogP contribution in [0.2, 0.25) is 0 Å². The fourth-order valence-corrected chi connectivity index (χ4v) is 1.99. The fraction of sp³-hybridized carbons (Fsp3) is 0.571. The highest BCUT2D eigenvalue weighted by Gasteiger charge is 2.20. The third-order valence-electron chi connectivity index (χ3n) is 3.19. The van der Waals surface area contributed by atoms with E-state index < -0.39 is 0 Å². The first kappa shape index (κ1) is 13.0. The van der Waals surface area contributed by atoms with Gasteiger partial charge in [-0.15, -0.1) is 0 Å². The van der Waals surface area contributed by atoms with Gasteiger partial charge in [-0.05, 0) is 37.4 Å². The summed E-state index contributed by atoms with van der Waals surface area (Å²) in [5.41, 5.74) is 1.14. The second-order valence-electron chi connectivity index (χ2n) is 4.50. The number of ether oxygens (including phenoxy) is 3. The molecular weight excluding hydrogens is 230 g/mol. The number of methoxy groups -OCH3 is 3. The number of rotatable bonds is 7. The quantitative estimate of drug-likeness (QED) is 0.804. The van der Waals surface area contributed by atoms with Crippen LogP contribution in [0.5, 0.6) is 17.2 Å². The van der Waals surface area contributed by atoms with E-state index in [1.54, 1.807) is 21.3 Å². The molecule has 1 aliphatic rings. The van der Waals surface area contributed by atoms with E-state index in [2.05, 4.69) is 5.32 Å². The summed E-state index contributed by atoms with van der Waals surface area (Å²) >= 11 is 0. The molecule has 0 radical (unpaired) electrons. The molecular formula is C14H21NO3. The Labute approximate surface area is 108 Å². The van der Waals surface area contributed by atoms with Crippen molar-refractivity contribution in [3.8, 4) is 17.2 Å². The van der Waals surface area contributed by atoms with Crippen molar-refractivity contribution >= 4 is 0 Å². The van der Waals surface area contributed by atoms with Gasteiger partial charge in [-0.3, -0.25) is 0 Å². The Morgan fingerprint density at radius 2 is 1.61 bits per heavy atom. The molecule has 0 saturated heterocycles.